The Balaban J connectivity index is 1.48. The SMILES string of the molecule is NC(=O)c1cnc2n1CCN(C(=O)COCC1CCCCO1)C2. The minimum Gasteiger partial charge on any atom is -0.376 e. The van der Waals surface area contributed by atoms with Crippen LogP contribution in [0.4, 0.5) is 0 Å². The lowest BCUT2D eigenvalue weighted by molar-refractivity contribution is -0.139. The number of imidazole rings is 1. The van der Waals surface area contributed by atoms with Crippen LogP contribution in [0.5, 0.6) is 0 Å². The lowest BCUT2D eigenvalue weighted by Crippen LogP contribution is -2.41. The third-order valence-corrected chi connectivity index (χ3v) is 4.27. The van der Waals surface area contributed by atoms with E-state index in [4.69, 9.17) is 15.2 Å². The Labute approximate surface area is 134 Å². The van der Waals surface area contributed by atoms with E-state index in [0.717, 1.165) is 25.9 Å². The molecule has 2 aliphatic heterocycles. The predicted molar refractivity (Wildman–Crippen MR) is 80.6 cm³/mol. The van der Waals surface area contributed by atoms with Gasteiger partial charge in [-0.2, -0.15) is 0 Å². The first-order chi connectivity index (χ1) is 11.1. The lowest BCUT2D eigenvalue weighted by atomic mass is 10.1. The van der Waals surface area contributed by atoms with Crippen molar-refractivity contribution in [2.24, 2.45) is 5.73 Å². The molecule has 126 valence electrons. The van der Waals surface area contributed by atoms with E-state index in [1.54, 1.807) is 9.47 Å². The van der Waals surface area contributed by atoms with Crippen LogP contribution in [0.2, 0.25) is 0 Å². The molecule has 1 fully saturated rings. The number of carbonyl (C=O) groups is 2. The van der Waals surface area contributed by atoms with Gasteiger partial charge in [0.05, 0.1) is 25.5 Å². The van der Waals surface area contributed by atoms with Crippen LogP contribution in [0.25, 0.3) is 0 Å². The van der Waals surface area contributed by atoms with Crippen molar-refractivity contribution in [1.82, 2.24) is 14.5 Å². The van der Waals surface area contributed by atoms with Crippen LogP contribution in [0.1, 0.15) is 35.6 Å². The third kappa shape index (κ3) is 3.70. The molecular weight excluding hydrogens is 300 g/mol. The summed E-state index contributed by atoms with van der Waals surface area (Å²) >= 11 is 0. The maximum absolute atomic E-state index is 12.2. The molecule has 0 bridgehead atoms. The lowest BCUT2D eigenvalue weighted by Gasteiger charge is -2.28. The largest absolute Gasteiger partial charge is 0.376 e. The van der Waals surface area contributed by atoms with Crippen molar-refractivity contribution >= 4 is 11.8 Å². The van der Waals surface area contributed by atoms with Crippen LogP contribution in [0, 0.1) is 0 Å². The van der Waals surface area contributed by atoms with Gasteiger partial charge in [0.15, 0.2) is 0 Å². The second-order valence-electron chi connectivity index (χ2n) is 5.89. The highest BCUT2D eigenvalue weighted by Crippen LogP contribution is 2.15. The van der Waals surface area contributed by atoms with Gasteiger partial charge in [0.2, 0.25) is 5.91 Å². The van der Waals surface area contributed by atoms with Crippen LogP contribution in [-0.2, 0) is 27.4 Å². The van der Waals surface area contributed by atoms with Gasteiger partial charge in [-0.25, -0.2) is 4.98 Å². The van der Waals surface area contributed by atoms with Crippen LogP contribution >= 0.6 is 0 Å². The summed E-state index contributed by atoms with van der Waals surface area (Å²) in [6.45, 7) is 2.69. The molecule has 23 heavy (non-hydrogen) atoms. The van der Waals surface area contributed by atoms with Gasteiger partial charge in [-0.15, -0.1) is 0 Å². The molecule has 3 heterocycles. The van der Waals surface area contributed by atoms with Crippen molar-refractivity contribution in [2.75, 3.05) is 26.4 Å². The summed E-state index contributed by atoms with van der Waals surface area (Å²) in [5.74, 6) is 0.101. The van der Waals surface area contributed by atoms with Gasteiger partial charge in [0.25, 0.3) is 5.91 Å². The van der Waals surface area contributed by atoms with Crippen molar-refractivity contribution in [3.05, 3.63) is 17.7 Å². The summed E-state index contributed by atoms with van der Waals surface area (Å²) < 4.78 is 12.8. The summed E-state index contributed by atoms with van der Waals surface area (Å²) in [4.78, 5) is 29.4. The van der Waals surface area contributed by atoms with Crippen molar-refractivity contribution in [2.45, 2.75) is 38.5 Å². The van der Waals surface area contributed by atoms with Gasteiger partial charge in [-0.1, -0.05) is 0 Å². The van der Waals surface area contributed by atoms with Crippen LogP contribution < -0.4 is 5.73 Å². The standard InChI is InChI=1S/C15H22N4O4/c16-15(21)12-7-17-13-8-18(4-5-19(12)13)14(20)10-22-9-11-3-1-2-6-23-11/h7,11H,1-6,8-10H2,(H2,16,21). The van der Waals surface area contributed by atoms with Crippen molar-refractivity contribution in [3.63, 3.8) is 0 Å². The number of primary amides is 1. The predicted octanol–water partition coefficient (Wildman–Crippen LogP) is -0.0901. The van der Waals surface area contributed by atoms with E-state index >= 15 is 0 Å². The van der Waals surface area contributed by atoms with E-state index in [-0.39, 0.29) is 18.6 Å². The minimum atomic E-state index is -0.501. The number of rotatable bonds is 5. The molecule has 8 heteroatoms. The molecule has 0 aromatic carbocycles. The van der Waals surface area contributed by atoms with Crippen molar-refractivity contribution in [3.8, 4) is 0 Å². The maximum Gasteiger partial charge on any atom is 0.266 e. The average Bonchev–Trinajstić information content (AvgIpc) is 2.99. The van der Waals surface area contributed by atoms with Gasteiger partial charge < -0.3 is 24.7 Å². The quantitative estimate of drug-likeness (QED) is 0.816. The van der Waals surface area contributed by atoms with Gasteiger partial charge in [0, 0.05) is 19.7 Å². The Morgan fingerprint density at radius 2 is 2.26 bits per heavy atom. The van der Waals surface area contributed by atoms with Gasteiger partial charge >= 0.3 is 0 Å². The molecule has 2 N–H and O–H groups in total. The number of aromatic nitrogens is 2. The number of carbonyl (C=O) groups excluding carboxylic acids is 2. The van der Waals surface area contributed by atoms with E-state index in [1.165, 1.54) is 6.20 Å². The molecule has 1 unspecified atom stereocenters. The molecule has 1 aromatic heterocycles. The van der Waals surface area contributed by atoms with E-state index < -0.39 is 5.91 Å². The highest BCUT2D eigenvalue weighted by molar-refractivity contribution is 5.91. The van der Waals surface area contributed by atoms with Gasteiger partial charge in [-0.3, -0.25) is 9.59 Å². The number of ether oxygens (including phenoxy) is 2. The fourth-order valence-electron chi connectivity index (χ4n) is 2.98. The number of amides is 2. The first kappa shape index (κ1) is 15.9. The normalized spacial score (nSPS) is 21.0. The first-order valence-corrected chi connectivity index (χ1v) is 7.96. The van der Waals surface area contributed by atoms with Crippen LogP contribution in [0.15, 0.2) is 6.20 Å². The molecule has 1 saturated heterocycles. The summed E-state index contributed by atoms with van der Waals surface area (Å²) in [5.41, 5.74) is 5.69. The van der Waals surface area contributed by atoms with E-state index in [2.05, 4.69) is 4.98 Å². The third-order valence-electron chi connectivity index (χ3n) is 4.27. The Bertz CT molecular complexity index is 580. The van der Waals surface area contributed by atoms with Crippen molar-refractivity contribution < 1.29 is 19.1 Å². The molecule has 2 aliphatic rings. The van der Waals surface area contributed by atoms with Gasteiger partial charge in [-0.05, 0) is 19.3 Å². The zero-order valence-corrected chi connectivity index (χ0v) is 13.1. The van der Waals surface area contributed by atoms with E-state index in [9.17, 15) is 9.59 Å². The zero-order chi connectivity index (χ0) is 16.2. The summed E-state index contributed by atoms with van der Waals surface area (Å²) in [7, 11) is 0. The number of hydrogen-bond acceptors (Lipinski definition) is 5. The molecule has 0 radical (unpaired) electrons. The minimum absolute atomic E-state index is 0.0449. The summed E-state index contributed by atoms with van der Waals surface area (Å²) in [6, 6.07) is 0. The monoisotopic (exact) mass is 322 g/mol. The fourth-order valence-corrected chi connectivity index (χ4v) is 2.98. The molecule has 8 nitrogen and oxygen atoms in total. The highest BCUT2D eigenvalue weighted by Gasteiger charge is 2.25. The Morgan fingerprint density at radius 1 is 1.39 bits per heavy atom. The van der Waals surface area contributed by atoms with E-state index in [1.807, 2.05) is 0 Å². The number of nitrogens with two attached hydrogens (primary N) is 1. The maximum atomic E-state index is 12.2. The average molecular weight is 322 g/mol. The molecule has 0 spiro atoms. The molecular formula is C15H22N4O4. The fraction of sp³-hybridized carbons (Fsp3) is 0.667. The molecule has 2 amide bonds. The van der Waals surface area contributed by atoms with Crippen LogP contribution in [0.3, 0.4) is 0 Å². The Hall–Kier alpha value is -1.93. The Kier molecular flexibility index (Phi) is 4.92. The molecule has 3 rings (SSSR count). The van der Waals surface area contributed by atoms with E-state index in [0.29, 0.717) is 37.8 Å². The topological polar surface area (TPSA) is 99.7 Å². The number of fused-ring (bicyclic) bond motifs is 1. The second kappa shape index (κ2) is 7.10. The number of hydrogen-bond donors (Lipinski definition) is 1. The summed E-state index contributed by atoms with van der Waals surface area (Å²) in [5, 5.41) is 0. The van der Waals surface area contributed by atoms with Crippen molar-refractivity contribution in [1.29, 1.82) is 0 Å². The molecule has 0 saturated carbocycles. The smallest absolute Gasteiger partial charge is 0.266 e. The zero-order valence-electron chi connectivity index (χ0n) is 13.1. The number of nitrogens with zero attached hydrogens (tertiary/aromatic N) is 3. The second-order valence-corrected chi connectivity index (χ2v) is 5.89. The molecule has 0 aliphatic carbocycles. The van der Waals surface area contributed by atoms with Gasteiger partial charge in [0.1, 0.15) is 18.1 Å². The Morgan fingerprint density at radius 3 is 3.00 bits per heavy atom. The first-order valence-electron chi connectivity index (χ1n) is 7.96. The summed E-state index contributed by atoms with van der Waals surface area (Å²) in [6.07, 6.45) is 4.81. The highest BCUT2D eigenvalue weighted by atomic mass is 16.5. The molecule has 1 aromatic rings. The van der Waals surface area contributed by atoms with Crippen LogP contribution in [-0.4, -0.2) is 58.7 Å². The molecule has 1 atom stereocenters.